The van der Waals surface area contributed by atoms with Crippen molar-refractivity contribution in [1.82, 2.24) is 10.6 Å². The van der Waals surface area contributed by atoms with Crippen LogP contribution in [0.2, 0.25) is 0 Å². The molecule has 1 aliphatic heterocycles. The van der Waals surface area contributed by atoms with Gasteiger partial charge in [-0.1, -0.05) is 18.2 Å². The molecule has 1 amide bonds. The van der Waals surface area contributed by atoms with E-state index in [1.165, 1.54) is 0 Å². The smallest absolute Gasteiger partial charge is 0.223 e. The standard InChI is InChI=1S/C16H24N2O3S.ClH/c1-13-12-14(8-10-17-13)16(19)18-9-5-11-22(20,21)15-6-3-2-4-7-15;/h2-4,6-7,13-14,17H,5,8-12H2,1H3,(H,18,19);1H/t13-,14-;/m0./s1. The first kappa shape index (κ1) is 19.9. The topological polar surface area (TPSA) is 75.3 Å². The van der Waals surface area contributed by atoms with Crippen LogP contribution in [0.3, 0.4) is 0 Å². The fourth-order valence-corrected chi connectivity index (χ4v) is 4.07. The number of hydrogen-bond acceptors (Lipinski definition) is 4. The van der Waals surface area contributed by atoms with Gasteiger partial charge in [0, 0.05) is 18.5 Å². The van der Waals surface area contributed by atoms with Gasteiger partial charge in [0.15, 0.2) is 9.84 Å². The average molecular weight is 361 g/mol. The quantitative estimate of drug-likeness (QED) is 0.758. The minimum Gasteiger partial charge on any atom is -0.356 e. The summed E-state index contributed by atoms with van der Waals surface area (Å²) in [6.45, 7) is 3.34. The number of rotatable bonds is 6. The Labute approximate surface area is 144 Å². The van der Waals surface area contributed by atoms with Crippen LogP contribution in [0.1, 0.15) is 26.2 Å². The lowest BCUT2D eigenvalue weighted by Gasteiger charge is -2.27. The van der Waals surface area contributed by atoms with Gasteiger partial charge in [0.25, 0.3) is 0 Å². The van der Waals surface area contributed by atoms with Crippen LogP contribution in [0.5, 0.6) is 0 Å². The van der Waals surface area contributed by atoms with Crippen LogP contribution in [0.25, 0.3) is 0 Å². The highest BCUT2D eigenvalue weighted by Gasteiger charge is 2.24. The van der Waals surface area contributed by atoms with E-state index >= 15 is 0 Å². The van der Waals surface area contributed by atoms with E-state index in [0.29, 0.717) is 23.9 Å². The van der Waals surface area contributed by atoms with Gasteiger partial charge in [-0.15, -0.1) is 12.4 Å². The molecule has 1 heterocycles. The molecule has 130 valence electrons. The Balaban J connectivity index is 0.00000264. The molecule has 23 heavy (non-hydrogen) atoms. The highest BCUT2D eigenvalue weighted by molar-refractivity contribution is 7.91. The van der Waals surface area contributed by atoms with Gasteiger partial charge in [0.2, 0.25) is 5.91 Å². The van der Waals surface area contributed by atoms with E-state index in [2.05, 4.69) is 17.6 Å². The number of piperidine rings is 1. The van der Waals surface area contributed by atoms with Crippen LogP contribution in [-0.4, -0.2) is 39.2 Å². The second kappa shape index (κ2) is 9.25. The summed E-state index contributed by atoms with van der Waals surface area (Å²) < 4.78 is 24.2. The number of hydrogen-bond donors (Lipinski definition) is 2. The predicted molar refractivity (Wildman–Crippen MR) is 93.6 cm³/mol. The van der Waals surface area contributed by atoms with Gasteiger partial charge in [-0.3, -0.25) is 4.79 Å². The van der Waals surface area contributed by atoms with Gasteiger partial charge in [0.1, 0.15) is 0 Å². The van der Waals surface area contributed by atoms with Crippen LogP contribution in [0.15, 0.2) is 35.2 Å². The molecule has 0 spiro atoms. The van der Waals surface area contributed by atoms with Gasteiger partial charge >= 0.3 is 0 Å². The molecule has 1 saturated heterocycles. The molecular formula is C16H25ClN2O3S. The van der Waals surface area contributed by atoms with Crippen LogP contribution in [-0.2, 0) is 14.6 Å². The third-order valence-electron chi connectivity index (χ3n) is 3.99. The van der Waals surface area contributed by atoms with Crippen molar-refractivity contribution in [3.63, 3.8) is 0 Å². The van der Waals surface area contributed by atoms with E-state index in [1.807, 2.05) is 0 Å². The Morgan fingerprint density at radius 3 is 2.65 bits per heavy atom. The molecule has 1 aromatic carbocycles. The minimum absolute atomic E-state index is 0. The van der Waals surface area contributed by atoms with E-state index < -0.39 is 9.84 Å². The summed E-state index contributed by atoms with van der Waals surface area (Å²) in [5, 5.41) is 6.18. The first-order valence-electron chi connectivity index (χ1n) is 7.78. The highest BCUT2D eigenvalue weighted by Crippen LogP contribution is 2.16. The molecule has 2 atom stereocenters. The Morgan fingerprint density at radius 1 is 1.30 bits per heavy atom. The largest absolute Gasteiger partial charge is 0.356 e. The van der Waals surface area contributed by atoms with Crippen molar-refractivity contribution >= 4 is 28.2 Å². The minimum atomic E-state index is -3.25. The Bertz CT molecular complexity index is 593. The van der Waals surface area contributed by atoms with Gasteiger partial charge in [0.05, 0.1) is 10.6 Å². The van der Waals surface area contributed by atoms with Crippen molar-refractivity contribution in [2.24, 2.45) is 5.92 Å². The molecule has 0 radical (unpaired) electrons. The number of nitrogens with one attached hydrogen (secondary N) is 2. The number of halogens is 1. The Kier molecular flexibility index (Phi) is 8.02. The molecule has 5 nitrogen and oxygen atoms in total. The molecule has 2 rings (SSSR count). The van der Waals surface area contributed by atoms with Crippen LogP contribution < -0.4 is 10.6 Å². The number of carbonyl (C=O) groups is 1. The van der Waals surface area contributed by atoms with Crippen LogP contribution >= 0.6 is 12.4 Å². The number of carbonyl (C=O) groups excluding carboxylic acids is 1. The number of benzene rings is 1. The number of amides is 1. The normalized spacial score (nSPS) is 21.3. The molecular weight excluding hydrogens is 336 g/mol. The first-order valence-corrected chi connectivity index (χ1v) is 9.43. The molecule has 0 bridgehead atoms. The van der Waals surface area contributed by atoms with Crippen molar-refractivity contribution in [1.29, 1.82) is 0 Å². The van der Waals surface area contributed by atoms with E-state index in [-0.39, 0.29) is 30.0 Å². The third-order valence-corrected chi connectivity index (χ3v) is 5.80. The molecule has 0 saturated carbocycles. The SMILES string of the molecule is C[C@H]1C[C@@H](C(=O)NCCCS(=O)(=O)c2ccccc2)CCN1.Cl. The molecule has 1 fully saturated rings. The molecule has 0 aliphatic carbocycles. The van der Waals surface area contributed by atoms with Crippen molar-refractivity contribution in [3.05, 3.63) is 30.3 Å². The van der Waals surface area contributed by atoms with Gasteiger partial charge in [-0.05, 0) is 44.9 Å². The Hall–Kier alpha value is -1.11. The fourth-order valence-electron chi connectivity index (χ4n) is 2.73. The fraction of sp³-hybridized carbons (Fsp3) is 0.562. The summed E-state index contributed by atoms with van der Waals surface area (Å²) in [7, 11) is -3.25. The van der Waals surface area contributed by atoms with E-state index in [9.17, 15) is 13.2 Å². The highest BCUT2D eigenvalue weighted by atomic mass is 35.5. The first-order chi connectivity index (χ1) is 10.5. The summed E-state index contributed by atoms with van der Waals surface area (Å²) in [5.41, 5.74) is 0. The number of sulfone groups is 1. The van der Waals surface area contributed by atoms with Gasteiger partial charge in [-0.2, -0.15) is 0 Å². The van der Waals surface area contributed by atoms with Crippen LogP contribution in [0, 0.1) is 5.92 Å². The zero-order chi connectivity index (χ0) is 16.0. The molecule has 0 unspecified atom stereocenters. The summed E-state index contributed by atoms with van der Waals surface area (Å²) in [5.74, 6) is 0.146. The molecule has 7 heteroatoms. The summed E-state index contributed by atoms with van der Waals surface area (Å²) in [6, 6.07) is 8.79. The summed E-state index contributed by atoms with van der Waals surface area (Å²) >= 11 is 0. The van der Waals surface area contributed by atoms with E-state index in [0.717, 1.165) is 19.4 Å². The maximum Gasteiger partial charge on any atom is 0.223 e. The molecule has 1 aliphatic rings. The second-order valence-electron chi connectivity index (χ2n) is 5.85. The van der Waals surface area contributed by atoms with Crippen molar-refractivity contribution in [2.75, 3.05) is 18.8 Å². The molecule has 0 aromatic heterocycles. The predicted octanol–water partition coefficient (Wildman–Crippen LogP) is 1.78. The lowest BCUT2D eigenvalue weighted by Crippen LogP contribution is -2.42. The average Bonchev–Trinajstić information content (AvgIpc) is 2.52. The van der Waals surface area contributed by atoms with Gasteiger partial charge < -0.3 is 10.6 Å². The monoisotopic (exact) mass is 360 g/mol. The Morgan fingerprint density at radius 2 is 2.00 bits per heavy atom. The van der Waals surface area contributed by atoms with Crippen molar-refractivity contribution in [2.45, 2.75) is 37.1 Å². The second-order valence-corrected chi connectivity index (χ2v) is 7.96. The van der Waals surface area contributed by atoms with E-state index in [1.54, 1.807) is 30.3 Å². The zero-order valence-corrected chi connectivity index (χ0v) is 15.0. The van der Waals surface area contributed by atoms with Crippen LogP contribution in [0.4, 0.5) is 0 Å². The van der Waals surface area contributed by atoms with E-state index in [4.69, 9.17) is 0 Å². The third kappa shape index (κ3) is 6.12. The maximum absolute atomic E-state index is 12.1. The molecule has 2 N–H and O–H groups in total. The summed E-state index contributed by atoms with van der Waals surface area (Å²) in [4.78, 5) is 12.4. The molecule has 1 aromatic rings. The van der Waals surface area contributed by atoms with Crippen molar-refractivity contribution < 1.29 is 13.2 Å². The lowest BCUT2D eigenvalue weighted by atomic mass is 9.92. The zero-order valence-electron chi connectivity index (χ0n) is 13.3. The van der Waals surface area contributed by atoms with Crippen molar-refractivity contribution in [3.8, 4) is 0 Å². The maximum atomic E-state index is 12.1. The summed E-state index contributed by atoms with van der Waals surface area (Å²) in [6.07, 6.45) is 2.12. The van der Waals surface area contributed by atoms with Gasteiger partial charge in [-0.25, -0.2) is 8.42 Å². The lowest BCUT2D eigenvalue weighted by molar-refractivity contribution is -0.126.